The number of carbonyl (C=O) groups is 1. The lowest BCUT2D eigenvalue weighted by molar-refractivity contribution is -0.145. The minimum Gasteiger partial charge on any atom is -0.480 e. The van der Waals surface area contributed by atoms with Crippen molar-refractivity contribution in [1.82, 2.24) is 9.78 Å². The van der Waals surface area contributed by atoms with Crippen LogP contribution in [0.2, 0.25) is 0 Å². The molecule has 0 amide bonds. The molecule has 202 valence electrons. The largest absolute Gasteiger partial charge is 0.480 e. The molecule has 0 bridgehead atoms. The molecule has 0 aromatic carbocycles. The van der Waals surface area contributed by atoms with Crippen LogP contribution in [-0.4, -0.2) is 33.6 Å². The van der Waals surface area contributed by atoms with E-state index in [1.807, 2.05) is 0 Å². The second-order valence-corrected chi connectivity index (χ2v) is 12.5. The van der Waals surface area contributed by atoms with E-state index in [1.54, 1.807) is 11.3 Å². The van der Waals surface area contributed by atoms with Crippen LogP contribution in [0.5, 0.6) is 0 Å². The molecule has 0 aliphatic heterocycles. The molecule has 1 aromatic heterocycles. The molecule has 4 saturated carbocycles. The highest BCUT2D eigenvalue weighted by Gasteiger charge is 2.39. The number of aliphatic carboxylic acids is 1. The summed E-state index contributed by atoms with van der Waals surface area (Å²) in [7, 11) is 0. The molecule has 0 spiro atoms. The third-order valence-electron chi connectivity index (χ3n) is 10.2. The first-order chi connectivity index (χ1) is 17.7. The van der Waals surface area contributed by atoms with Gasteiger partial charge in [0.1, 0.15) is 6.61 Å². The molecular formula is C31H50N2O3. The molecule has 1 aromatic rings. The number of rotatable bonds is 8. The van der Waals surface area contributed by atoms with Crippen molar-refractivity contribution in [2.24, 2.45) is 11.8 Å². The number of hydrogen-bond acceptors (Lipinski definition) is 3. The maximum absolute atomic E-state index is 11.1. The summed E-state index contributed by atoms with van der Waals surface area (Å²) in [6.45, 7) is 2.22. The lowest BCUT2D eigenvalue weighted by Gasteiger charge is -2.41. The summed E-state index contributed by atoms with van der Waals surface area (Å²) in [5.74, 6) is 1.84. The Morgan fingerprint density at radius 2 is 1.53 bits per heavy atom. The summed E-state index contributed by atoms with van der Waals surface area (Å²) in [5.41, 5.74) is 4.78. The molecule has 36 heavy (non-hydrogen) atoms. The van der Waals surface area contributed by atoms with Gasteiger partial charge in [0.2, 0.25) is 0 Å². The first kappa shape index (κ1) is 26.3. The Morgan fingerprint density at radius 1 is 0.861 bits per heavy atom. The fourth-order valence-electron chi connectivity index (χ4n) is 8.55. The van der Waals surface area contributed by atoms with E-state index in [0.717, 1.165) is 25.2 Å². The second-order valence-electron chi connectivity index (χ2n) is 12.5. The van der Waals surface area contributed by atoms with Crippen LogP contribution in [0, 0.1) is 11.8 Å². The molecule has 5 heteroatoms. The van der Waals surface area contributed by atoms with Crippen molar-refractivity contribution in [3.05, 3.63) is 17.0 Å². The van der Waals surface area contributed by atoms with E-state index in [-0.39, 0.29) is 12.7 Å². The summed E-state index contributed by atoms with van der Waals surface area (Å²) in [4.78, 5) is 11.1. The maximum atomic E-state index is 11.1. The van der Waals surface area contributed by atoms with Crippen LogP contribution in [0.4, 0.5) is 0 Å². The van der Waals surface area contributed by atoms with Crippen LogP contribution in [0.1, 0.15) is 157 Å². The Labute approximate surface area is 218 Å². The quantitative estimate of drug-likeness (QED) is 0.395. The zero-order valence-electron chi connectivity index (χ0n) is 22.8. The fraction of sp³-hybridized carbons (Fsp3) is 0.871. The van der Waals surface area contributed by atoms with Gasteiger partial charge in [-0.1, -0.05) is 64.7 Å². The Kier molecular flexibility index (Phi) is 9.08. The molecule has 4 unspecified atom stereocenters. The third kappa shape index (κ3) is 5.87. The fourth-order valence-corrected chi connectivity index (χ4v) is 8.55. The number of ether oxygens (including phenoxy) is 1. The molecular weight excluding hydrogens is 448 g/mol. The smallest absolute Gasteiger partial charge is 0.329 e. The predicted molar refractivity (Wildman–Crippen MR) is 144 cm³/mol. The standard InChI is InChI=1S/C31H50N2O3/c1-2-27-30(22-12-5-3-6-13-22)31(23-14-7-4-8-15-23)32-33(27)28-19-10-9-18-26(28)24-16-11-17-25(20-24)36-21-29(34)35/h22-26,28H,2-21H2,1H3,(H,34,35). The molecule has 0 radical (unpaired) electrons. The van der Waals surface area contributed by atoms with Gasteiger partial charge in [-0.3, -0.25) is 4.68 Å². The molecule has 4 aliphatic rings. The zero-order chi connectivity index (χ0) is 24.9. The molecule has 4 fully saturated rings. The lowest BCUT2D eigenvalue weighted by atomic mass is 9.70. The van der Waals surface area contributed by atoms with Crippen LogP contribution in [0.3, 0.4) is 0 Å². The highest BCUT2D eigenvalue weighted by Crippen LogP contribution is 2.48. The van der Waals surface area contributed by atoms with Gasteiger partial charge in [-0.05, 0) is 87.5 Å². The van der Waals surface area contributed by atoms with Crippen molar-refractivity contribution in [3.63, 3.8) is 0 Å². The highest BCUT2D eigenvalue weighted by molar-refractivity contribution is 5.68. The monoisotopic (exact) mass is 498 g/mol. The molecule has 0 saturated heterocycles. The van der Waals surface area contributed by atoms with Crippen LogP contribution in [-0.2, 0) is 16.0 Å². The molecule has 5 rings (SSSR count). The van der Waals surface area contributed by atoms with Crippen molar-refractivity contribution in [3.8, 4) is 0 Å². The first-order valence-electron chi connectivity index (χ1n) is 15.6. The normalized spacial score (nSPS) is 30.9. The topological polar surface area (TPSA) is 64.4 Å². The number of aromatic nitrogens is 2. The van der Waals surface area contributed by atoms with Gasteiger partial charge < -0.3 is 9.84 Å². The summed E-state index contributed by atoms with van der Waals surface area (Å²) in [6.07, 6.45) is 24.6. The van der Waals surface area contributed by atoms with E-state index in [4.69, 9.17) is 14.9 Å². The minimum atomic E-state index is -0.845. The van der Waals surface area contributed by atoms with Gasteiger partial charge in [-0.25, -0.2) is 4.79 Å². The Morgan fingerprint density at radius 3 is 2.22 bits per heavy atom. The third-order valence-corrected chi connectivity index (χ3v) is 10.2. The molecule has 1 N–H and O–H groups in total. The molecule has 4 aliphatic carbocycles. The number of hydrogen-bond donors (Lipinski definition) is 1. The summed E-state index contributed by atoms with van der Waals surface area (Å²) < 4.78 is 8.41. The van der Waals surface area contributed by atoms with Gasteiger partial charge >= 0.3 is 5.97 Å². The van der Waals surface area contributed by atoms with Gasteiger partial charge in [-0.2, -0.15) is 5.10 Å². The van der Waals surface area contributed by atoms with E-state index in [0.29, 0.717) is 23.8 Å². The van der Waals surface area contributed by atoms with Gasteiger partial charge in [0.05, 0.1) is 17.8 Å². The molecule has 4 atom stereocenters. The van der Waals surface area contributed by atoms with Gasteiger partial charge in [0.25, 0.3) is 0 Å². The van der Waals surface area contributed by atoms with Gasteiger partial charge in [0, 0.05) is 11.6 Å². The lowest BCUT2D eigenvalue weighted by Crippen LogP contribution is -2.35. The summed E-state index contributed by atoms with van der Waals surface area (Å²) in [6, 6.07) is 0.511. The SMILES string of the molecule is CCc1c(C2CCCCC2)c(C2CCCCC2)nn1C1CCCCC1C1CCCC(OCC(=O)O)C1. The van der Waals surface area contributed by atoms with Crippen molar-refractivity contribution >= 4 is 5.97 Å². The summed E-state index contributed by atoms with van der Waals surface area (Å²) in [5, 5.41) is 14.7. The summed E-state index contributed by atoms with van der Waals surface area (Å²) >= 11 is 0. The highest BCUT2D eigenvalue weighted by atomic mass is 16.5. The zero-order valence-corrected chi connectivity index (χ0v) is 22.8. The van der Waals surface area contributed by atoms with Crippen LogP contribution in [0.15, 0.2) is 0 Å². The van der Waals surface area contributed by atoms with Crippen LogP contribution < -0.4 is 0 Å². The Hall–Kier alpha value is -1.36. The van der Waals surface area contributed by atoms with Crippen molar-refractivity contribution in [1.29, 1.82) is 0 Å². The average molecular weight is 499 g/mol. The van der Waals surface area contributed by atoms with Crippen molar-refractivity contribution < 1.29 is 14.6 Å². The first-order valence-corrected chi connectivity index (χ1v) is 15.6. The Bertz CT molecular complexity index is 852. The van der Waals surface area contributed by atoms with Crippen LogP contribution in [0.25, 0.3) is 0 Å². The minimum absolute atomic E-state index is 0.112. The van der Waals surface area contributed by atoms with Gasteiger partial charge in [0.15, 0.2) is 0 Å². The van der Waals surface area contributed by atoms with E-state index in [1.165, 1.54) is 108 Å². The van der Waals surface area contributed by atoms with E-state index in [2.05, 4.69) is 11.6 Å². The number of carboxylic acid groups (broad SMARTS) is 1. The molecule has 1 heterocycles. The number of nitrogens with zero attached hydrogens (tertiary/aromatic N) is 2. The van der Waals surface area contributed by atoms with Gasteiger partial charge in [-0.15, -0.1) is 0 Å². The van der Waals surface area contributed by atoms with Crippen molar-refractivity contribution in [2.45, 2.75) is 153 Å². The Balaban J connectivity index is 1.44. The van der Waals surface area contributed by atoms with E-state index < -0.39 is 5.97 Å². The predicted octanol–water partition coefficient (Wildman–Crippen LogP) is 7.93. The second kappa shape index (κ2) is 12.5. The molecule has 5 nitrogen and oxygen atoms in total. The van der Waals surface area contributed by atoms with Crippen molar-refractivity contribution in [2.75, 3.05) is 6.61 Å². The average Bonchev–Trinajstić information content (AvgIpc) is 3.32. The van der Waals surface area contributed by atoms with Crippen LogP contribution >= 0.6 is 0 Å². The number of carboxylic acids is 1. The van der Waals surface area contributed by atoms with E-state index >= 15 is 0 Å². The maximum Gasteiger partial charge on any atom is 0.329 e. The van der Waals surface area contributed by atoms with E-state index in [9.17, 15) is 4.79 Å².